The van der Waals surface area contributed by atoms with Crippen molar-refractivity contribution in [1.82, 2.24) is 35.3 Å². The molecular formula is C28H28ClN7O5. The van der Waals surface area contributed by atoms with Crippen LogP contribution in [0, 0.1) is 0 Å². The highest BCUT2D eigenvalue weighted by molar-refractivity contribution is 6.30. The summed E-state index contributed by atoms with van der Waals surface area (Å²) >= 11 is 6.15. The van der Waals surface area contributed by atoms with Crippen LogP contribution in [0.4, 0.5) is 0 Å². The molecule has 1 atom stereocenters. The van der Waals surface area contributed by atoms with Crippen molar-refractivity contribution in [3.8, 4) is 5.75 Å². The first-order valence-corrected chi connectivity index (χ1v) is 13.4. The fourth-order valence-corrected chi connectivity index (χ4v) is 5.12. The molecule has 1 unspecified atom stereocenters. The lowest BCUT2D eigenvalue weighted by atomic mass is 10.0. The van der Waals surface area contributed by atoms with Crippen LogP contribution in [0.3, 0.4) is 0 Å². The Hall–Kier alpha value is -4.71. The van der Waals surface area contributed by atoms with Gasteiger partial charge in [0.2, 0.25) is 11.3 Å². The summed E-state index contributed by atoms with van der Waals surface area (Å²) in [4.78, 5) is 58.0. The molecule has 3 amide bonds. The van der Waals surface area contributed by atoms with Gasteiger partial charge in [-0.3, -0.25) is 24.3 Å². The van der Waals surface area contributed by atoms with E-state index >= 15 is 0 Å². The predicted molar refractivity (Wildman–Crippen MR) is 151 cm³/mol. The second-order valence-corrected chi connectivity index (χ2v) is 10.4. The normalized spacial score (nSPS) is 13.8. The lowest BCUT2D eigenvalue weighted by Gasteiger charge is -2.34. The molecular weight excluding hydrogens is 550 g/mol. The van der Waals surface area contributed by atoms with E-state index in [0.717, 1.165) is 0 Å². The molecule has 212 valence electrons. The van der Waals surface area contributed by atoms with Gasteiger partial charge in [-0.05, 0) is 43.7 Å². The van der Waals surface area contributed by atoms with E-state index in [1.807, 2.05) is 13.8 Å². The quantitative estimate of drug-likeness (QED) is 0.249. The average Bonchev–Trinajstić information content (AvgIpc) is 3.38. The molecule has 1 aliphatic heterocycles. The molecule has 0 saturated heterocycles. The Balaban J connectivity index is 1.40. The summed E-state index contributed by atoms with van der Waals surface area (Å²) in [5, 5.41) is 23.7. The number of amides is 3. The number of pyridine rings is 2. The van der Waals surface area contributed by atoms with Crippen molar-refractivity contribution < 1.29 is 19.5 Å². The van der Waals surface area contributed by atoms with Crippen molar-refractivity contribution in [2.24, 2.45) is 0 Å². The number of aromatic hydroxyl groups is 1. The van der Waals surface area contributed by atoms with E-state index in [-0.39, 0.29) is 30.4 Å². The number of carbonyl (C=O) groups excluding carboxylic acids is 3. The van der Waals surface area contributed by atoms with E-state index < -0.39 is 34.9 Å². The highest BCUT2D eigenvalue weighted by Crippen LogP contribution is 2.23. The molecule has 4 aromatic rings. The van der Waals surface area contributed by atoms with E-state index in [2.05, 4.69) is 25.8 Å². The van der Waals surface area contributed by atoms with E-state index in [9.17, 15) is 24.3 Å². The number of H-pyrrole nitrogens is 1. The van der Waals surface area contributed by atoms with Gasteiger partial charge in [-0.25, -0.2) is 4.98 Å². The first kappa shape index (κ1) is 27.8. The number of rotatable bonds is 8. The molecule has 1 aliphatic rings. The van der Waals surface area contributed by atoms with Gasteiger partial charge in [-0.1, -0.05) is 23.7 Å². The molecule has 0 bridgehead atoms. The van der Waals surface area contributed by atoms with Gasteiger partial charge in [-0.2, -0.15) is 5.10 Å². The fourth-order valence-electron chi connectivity index (χ4n) is 4.91. The minimum Gasteiger partial charge on any atom is -0.503 e. The third-order valence-electron chi connectivity index (χ3n) is 6.97. The number of benzene rings is 1. The molecule has 13 heteroatoms. The van der Waals surface area contributed by atoms with E-state index in [1.54, 1.807) is 52.1 Å². The van der Waals surface area contributed by atoms with Crippen molar-refractivity contribution in [2.75, 3.05) is 6.54 Å². The summed E-state index contributed by atoms with van der Waals surface area (Å²) in [5.41, 5.74) is 0.756. The minimum absolute atomic E-state index is 0.0874. The smallest absolute Gasteiger partial charge is 0.274 e. The van der Waals surface area contributed by atoms with Gasteiger partial charge >= 0.3 is 0 Å². The SMILES string of the molecule is CC(C)N1CCn2c(CNC(=O)C(Cc3cccc(Cl)c3)NC(=O)c3n[nH]c4ncccc34)cc(=O)c(O)c2C1=O. The van der Waals surface area contributed by atoms with Gasteiger partial charge < -0.3 is 25.2 Å². The third kappa shape index (κ3) is 5.64. The number of halogens is 1. The maximum atomic E-state index is 13.5. The van der Waals surface area contributed by atoms with Gasteiger partial charge in [0.25, 0.3) is 11.8 Å². The first-order valence-electron chi connectivity index (χ1n) is 13.0. The summed E-state index contributed by atoms with van der Waals surface area (Å²) in [6.07, 6.45) is 1.69. The molecule has 0 saturated carbocycles. The van der Waals surface area contributed by atoms with Gasteiger partial charge in [0.05, 0.1) is 11.9 Å². The zero-order chi connectivity index (χ0) is 29.3. The molecule has 12 nitrogen and oxygen atoms in total. The number of nitrogens with zero attached hydrogens (tertiary/aromatic N) is 4. The Morgan fingerprint density at radius 1 is 1.15 bits per heavy atom. The molecule has 4 heterocycles. The molecule has 3 aromatic heterocycles. The van der Waals surface area contributed by atoms with Crippen LogP contribution < -0.4 is 16.1 Å². The van der Waals surface area contributed by atoms with Gasteiger partial charge in [0.15, 0.2) is 22.8 Å². The highest BCUT2D eigenvalue weighted by Gasteiger charge is 2.32. The summed E-state index contributed by atoms with van der Waals surface area (Å²) in [6, 6.07) is 10.3. The van der Waals surface area contributed by atoms with Crippen LogP contribution in [0.5, 0.6) is 5.75 Å². The Labute approximate surface area is 239 Å². The standard InChI is InChI=1S/C28H28ClN7O5/c1-15(2)35-9-10-36-18(13-21(37)24(38)23(36)28(35)41)14-31-26(39)20(12-16-5-3-6-17(29)11-16)32-27(40)22-19-7-4-8-30-25(19)34-33-22/h3-8,11,13,15,20,38H,9-10,12,14H2,1-2H3,(H,31,39)(H,32,40)(H,30,33,34). The van der Waals surface area contributed by atoms with Gasteiger partial charge in [0.1, 0.15) is 6.04 Å². The number of aromatic amines is 1. The Kier molecular flexibility index (Phi) is 7.75. The van der Waals surface area contributed by atoms with Crippen LogP contribution in [-0.4, -0.2) is 66.1 Å². The molecule has 0 radical (unpaired) electrons. The number of carbonyl (C=O) groups is 3. The van der Waals surface area contributed by atoms with Crippen LogP contribution in [0.25, 0.3) is 11.0 Å². The minimum atomic E-state index is -1.04. The summed E-state index contributed by atoms with van der Waals surface area (Å²) < 4.78 is 1.55. The number of aromatic nitrogens is 4. The van der Waals surface area contributed by atoms with Crippen molar-refractivity contribution >= 4 is 40.4 Å². The van der Waals surface area contributed by atoms with E-state index in [1.165, 1.54) is 6.07 Å². The Morgan fingerprint density at radius 3 is 2.71 bits per heavy atom. The second kappa shape index (κ2) is 11.4. The largest absolute Gasteiger partial charge is 0.503 e. The number of nitrogens with one attached hydrogen (secondary N) is 3. The predicted octanol–water partition coefficient (Wildman–Crippen LogP) is 2.00. The highest BCUT2D eigenvalue weighted by atomic mass is 35.5. The summed E-state index contributed by atoms with van der Waals surface area (Å²) in [5.74, 6) is -2.19. The maximum Gasteiger partial charge on any atom is 0.274 e. The first-order chi connectivity index (χ1) is 19.6. The van der Waals surface area contributed by atoms with Crippen LogP contribution >= 0.6 is 11.6 Å². The molecule has 0 fully saturated rings. The summed E-state index contributed by atoms with van der Waals surface area (Å²) in [6.45, 7) is 4.30. The zero-order valence-corrected chi connectivity index (χ0v) is 23.1. The molecule has 1 aromatic carbocycles. The van der Waals surface area contributed by atoms with Crippen LogP contribution in [0.2, 0.25) is 5.02 Å². The average molecular weight is 578 g/mol. The van der Waals surface area contributed by atoms with E-state index in [0.29, 0.717) is 40.4 Å². The molecule has 4 N–H and O–H groups in total. The van der Waals surface area contributed by atoms with Gasteiger partial charge in [-0.15, -0.1) is 0 Å². The fraction of sp³-hybridized carbons (Fsp3) is 0.286. The summed E-state index contributed by atoms with van der Waals surface area (Å²) in [7, 11) is 0. The second-order valence-electron chi connectivity index (χ2n) is 9.99. The Bertz CT molecular complexity index is 1710. The van der Waals surface area contributed by atoms with Crippen molar-refractivity contribution in [1.29, 1.82) is 0 Å². The van der Waals surface area contributed by atoms with Crippen molar-refractivity contribution in [3.05, 3.63) is 86.6 Å². The van der Waals surface area contributed by atoms with Crippen LogP contribution in [0.15, 0.2) is 53.5 Å². The van der Waals surface area contributed by atoms with Crippen molar-refractivity contribution in [2.45, 2.75) is 45.4 Å². The number of hydrogen-bond acceptors (Lipinski definition) is 7. The van der Waals surface area contributed by atoms with Crippen LogP contribution in [-0.2, 0) is 24.3 Å². The van der Waals surface area contributed by atoms with Crippen LogP contribution in [0.1, 0.15) is 46.1 Å². The monoisotopic (exact) mass is 577 g/mol. The number of fused-ring (bicyclic) bond motifs is 2. The van der Waals surface area contributed by atoms with Crippen molar-refractivity contribution in [3.63, 3.8) is 0 Å². The zero-order valence-electron chi connectivity index (χ0n) is 22.3. The molecule has 0 spiro atoms. The lowest BCUT2D eigenvalue weighted by Crippen LogP contribution is -2.49. The van der Waals surface area contributed by atoms with Gasteiger partial charge in [0, 0.05) is 48.5 Å². The lowest BCUT2D eigenvalue weighted by molar-refractivity contribution is -0.123. The number of hydrogen-bond donors (Lipinski definition) is 4. The Morgan fingerprint density at radius 2 is 1.95 bits per heavy atom. The topological polar surface area (TPSA) is 162 Å². The molecule has 41 heavy (non-hydrogen) atoms. The molecule has 5 rings (SSSR count). The molecule has 0 aliphatic carbocycles. The maximum absolute atomic E-state index is 13.5. The van der Waals surface area contributed by atoms with E-state index in [4.69, 9.17) is 11.6 Å². The third-order valence-corrected chi connectivity index (χ3v) is 7.20.